The van der Waals surface area contributed by atoms with Gasteiger partial charge in [-0.15, -0.1) is 0 Å². The lowest BCUT2D eigenvalue weighted by molar-refractivity contribution is -0.150. The van der Waals surface area contributed by atoms with E-state index in [-0.39, 0.29) is 6.04 Å². The first-order chi connectivity index (χ1) is 9.04. The molecule has 1 aromatic carbocycles. The standard InChI is InChI=1S/C15H18BrNO2/c1-15(14(18)19)8-3-9-17(15)13-7-6-10-11(13)4-2-5-12(10)16/h2,4-5,13H,3,6-9H2,1H3,(H,18,19). The third-order valence-corrected chi connectivity index (χ3v) is 5.46. The van der Waals surface area contributed by atoms with Crippen molar-refractivity contribution in [3.8, 4) is 0 Å². The number of carbonyl (C=O) groups is 1. The molecule has 102 valence electrons. The van der Waals surface area contributed by atoms with Crippen molar-refractivity contribution in [2.75, 3.05) is 6.54 Å². The Bertz CT molecular complexity index is 531. The van der Waals surface area contributed by atoms with Crippen molar-refractivity contribution in [1.82, 2.24) is 4.90 Å². The first-order valence-corrected chi connectivity index (χ1v) is 7.61. The minimum Gasteiger partial charge on any atom is -0.480 e. The van der Waals surface area contributed by atoms with E-state index < -0.39 is 11.5 Å². The average Bonchev–Trinajstić information content (AvgIpc) is 2.94. The lowest BCUT2D eigenvalue weighted by Gasteiger charge is -2.36. The van der Waals surface area contributed by atoms with E-state index >= 15 is 0 Å². The van der Waals surface area contributed by atoms with E-state index in [0.717, 1.165) is 36.7 Å². The van der Waals surface area contributed by atoms with E-state index in [1.54, 1.807) is 0 Å². The van der Waals surface area contributed by atoms with Crippen molar-refractivity contribution in [2.24, 2.45) is 0 Å². The van der Waals surface area contributed by atoms with E-state index in [1.165, 1.54) is 11.1 Å². The summed E-state index contributed by atoms with van der Waals surface area (Å²) in [5, 5.41) is 9.55. The van der Waals surface area contributed by atoms with Crippen LogP contribution in [0.5, 0.6) is 0 Å². The molecule has 0 amide bonds. The molecule has 0 spiro atoms. The van der Waals surface area contributed by atoms with Gasteiger partial charge in [0.1, 0.15) is 5.54 Å². The van der Waals surface area contributed by atoms with Crippen LogP contribution in [0, 0.1) is 0 Å². The maximum Gasteiger partial charge on any atom is 0.323 e. The van der Waals surface area contributed by atoms with Crippen molar-refractivity contribution in [2.45, 2.75) is 44.2 Å². The van der Waals surface area contributed by atoms with E-state index in [4.69, 9.17) is 0 Å². The van der Waals surface area contributed by atoms with E-state index in [9.17, 15) is 9.90 Å². The highest BCUT2D eigenvalue weighted by Gasteiger charge is 2.47. The zero-order valence-corrected chi connectivity index (χ0v) is 12.6. The van der Waals surface area contributed by atoms with Crippen LogP contribution < -0.4 is 0 Å². The molecule has 2 aliphatic rings. The second-order valence-corrected chi connectivity index (χ2v) is 6.59. The van der Waals surface area contributed by atoms with Gasteiger partial charge in [0.2, 0.25) is 0 Å². The smallest absolute Gasteiger partial charge is 0.323 e. The monoisotopic (exact) mass is 323 g/mol. The summed E-state index contributed by atoms with van der Waals surface area (Å²) in [7, 11) is 0. The van der Waals surface area contributed by atoms with Crippen LogP contribution >= 0.6 is 15.9 Å². The molecule has 1 aliphatic heterocycles. The fourth-order valence-corrected chi connectivity index (χ4v) is 4.20. The number of fused-ring (bicyclic) bond motifs is 1. The molecule has 4 heteroatoms. The van der Waals surface area contributed by atoms with Gasteiger partial charge < -0.3 is 5.11 Å². The average molecular weight is 324 g/mol. The molecule has 2 unspecified atom stereocenters. The third-order valence-electron chi connectivity index (χ3n) is 4.72. The van der Waals surface area contributed by atoms with Gasteiger partial charge >= 0.3 is 5.97 Å². The van der Waals surface area contributed by atoms with Gasteiger partial charge in [-0.25, -0.2) is 0 Å². The Labute approximate surface area is 121 Å². The highest BCUT2D eigenvalue weighted by molar-refractivity contribution is 9.10. The van der Waals surface area contributed by atoms with Gasteiger partial charge in [0.15, 0.2) is 0 Å². The quantitative estimate of drug-likeness (QED) is 0.907. The Morgan fingerprint density at radius 2 is 2.32 bits per heavy atom. The molecular formula is C15H18BrNO2. The number of rotatable bonds is 2. The van der Waals surface area contributed by atoms with Crippen molar-refractivity contribution in [3.63, 3.8) is 0 Å². The fourth-order valence-electron chi connectivity index (χ4n) is 3.63. The van der Waals surface area contributed by atoms with Gasteiger partial charge in [0, 0.05) is 10.5 Å². The first-order valence-electron chi connectivity index (χ1n) is 6.81. The zero-order valence-electron chi connectivity index (χ0n) is 11.0. The van der Waals surface area contributed by atoms with Crippen LogP contribution in [0.3, 0.4) is 0 Å². The highest BCUT2D eigenvalue weighted by Crippen LogP contribution is 2.45. The second kappa shape index (κ2) is 4.60. The largest absolute Gasteiger partial charge is 0.480 e. The number of likely N-dealkylation sites (tertiary alicyclic amines) is 1. The summed E-state index contributed by atoms with van der Waals surface area (Å²) in [6.07, 6.45) is 3.79. The number of benzene rings is 1. The van der Waals surface area contributed by atoms with Crippen LogP contribution in [0.4, 0.5) is 0 Å². The van der Waals surface area contributed by atoms with Gasteiger partial charge in [-0.1, -0.05) is 28.1 Å². The number of carboxylic acids is 1. The molecule has 0 aromatic heterocycles. The summed E-state index contributed by atoms with van der Waals surface area (Å²) in [6.45, 7) is 2.76. The summed E-state index contributed by atoms with van der Waals surface area (Å²) in [5.41, 5.74) is 1.96. The van der Waals surface area contributed by atoms with Crippen LogP contribution in [-0.4, -0.2) is 28.1 Å². The molecule has 1 heterocycles. The predicted molar refractivity (Wildman–Crippen MR) is 77.2 cm³/mol. The minimum atomic E-state index is -0.700. The minimum absolute atomic E-state index is 0.260. The van der Waals surface area contributed by atoms with Crippen molar-refractivity contribution < 1.29 is 9.90 Å². The first kappa shape index (κ1) is 13.1. The molecule has 2 atom stereocenters. The normalized spacial score (nSPS) is 30.5. The van der Waals surface area contributed by atoms with Crippen molar-refractivity contribution in [3.05, 3.63) is 33.8 Å². The molecule has 19 heavy (non-hydrogen) atoms. The maximum atomic E-state index is 11.6. The predicted octanol–water partition coefficient (Wildman–Crippen LogP) is 3.38. The summed E-state index contributed by atoms with van der Waals surface area (Å²) < 4.78 is 1.16. The molecule has 1 saturated heterocycles. The molecule has 0 radical (unpaired) electrons. The van der Waals surface area contributed by atoms with E-state index in [2.05, 4.69) is 39.0 Å². The van der Waals surface area contributed by atoms with Crippen LogP contribution in [0.1, 0.15) is 43.4 Å². The van der Waals surface area contributed by atoms with Gasteiger partial charge in [-0.3, -0.25) is 9.69 Å². The van der Waals surface area contributed by atoms with Crippen LogP contribution in [0.15, 0.2) is 22.7 Å². The third kappa shape index (κ3) is 1.93. The number of carboxylic acid groups (broad SMARTS) is 1. The fraction of sp³-hybridized carbons (Fsp3) is 0.533. The number of nitrogens with zero attached hydrogens (tertiary/aromatic N) is 1. The summed E-state index contributed by atoms with van der Waals surface area (Å²) >= 11 is 3.61. The highest BCUT2D eigenvalue weighted by atomic mass is 79.9. The van der Waals surface area contributed by atoms with Gasteiger partial charge in [-0.05, 0) is 56.3 Å². The Kier molecular flexibility index (Phi) is 3.18. The molecule has 1 aromatic rings. The van der Waals surface area contributed by atoms with E-state index in [1.807, 2.05) is 6.92 Å². The summed E-state index contributed by atoms with van der Waals surface area (Å²) in [4.78, 5) is 13.8. The Morgan fingerprint density at radius 1 is 1.53 bits per heavy atom. The summed E-state index contributed by atoms with van der Waals surface area (Å²) in [5.74, 6) is -0.687. The topological polar surface area (TPSA) is 40.5 Å². The Hall–Kier alpha value is -0.870. The molecule has 3 nitrogen and oxygen atoms in total. The van der Waals surface area contributed by atoms with Gasteiger partial charge in [0.25, 0.3) is 0 Å². The van der Waals surface area contributed by atoms with Crippen molar-refractivity contribution >= 4 is 21.9 Å². The molecule has 1 N–H and O–H groups in total. The van der Waals surface area contributed by atoms with Gasteiger partial charge in [0.05, 0.1) is 0 Å². The van der Waals surface area contributed by atoms with Crippen LogP contribution in [0.2, 0.25) is 0 Å². The second-order valence-electron chi connectivity index (χ2n) is 5.74. The number of halogens is 1. The Morgan fingerprint density at radius 3 is 3.05 bits per heavy atom. The molecular weight excluding hydrogens is 306 g/mol. The molecule has 1 aliphatic carbocycles. The molecule has 0 bridgehead atoms. The maximum absolute atomic E-state index is 11.6. The van der Waals surface area contributed by atoms with Crippen LogP contribution in [-0.2, 0) is 11.2 Å². The summed E-state index contributed by atoms with van der Waals surface area (Å²) in [6, 6.07) is 6.53. The zero-order chi connectivity index (χ0) is 13.6. The Balaban J connectivity index is 1.98. The van der Waals surface area contributed by atoms with Crippen LogP contribution in [0.25, 0.3) is 0 Å². The van der Waals surface area contributed by atoms with Crippen molar-refractivity contribution in [1.29, 1.82) is 0 Å². The molecule has 3 rings (SSSR count). The molecule has 0 saturated carbocycles. The van der Waals surface area contributed by atoms with E-state index in [0.29, 0.717) is 0 Å². The number of hydrogen-bond acceptors (Lipinski definition) is 2. The lowest BCUT2D eigenvalue weighted by atomic mass is 9.96. The van der Waals surface area contributed by atoms with Gasteiger partial charge in [-0.2, -0.15) is 0 Å². The number of aliphatic carboxylic acids is 1. The SMILES string of the molecule is CC1(C(=O)O)CCCN1C1CCc2c(Br)cccc21. The molecule has 1 fully saturated rings. The number of hydrogen-bond donors (Lipinski definition) is 1. The lowest BCUT2D eigenvalue weighted by Crippen LogP contribution is -2.49.